The minimum atomic E-state index is 0.773. The summed E-state index contributed by atoms with van der Waals surface area (Å²) in [6, 6.07) is 0. The summed E-state index contributed by atoms with van der Waals surface area (Å²) >= 11 is 1.93. The van der Waals surface area contributed by atoms with Gasteiger partial charge in [-0.3, -0.25) is 0 Å². The summed E-state index contributed by atoms with van der Waals surface area (Å²) in [6.45, 7) is 6.29. The molecule has 0 bridgehead atoms. The molecule has 0 aliphatic rings. The molecule has 0 rings (SSSR count). The van der Waals surface area contributed by atoms with Crippen LogP contribution >= 0.6 is 11.8 Å². The van der Waals surface area contributed by atoms with Crippen LogP contribution in [0.3, 0.4) is 0 Å². The zero-order valence-electron chi connectivity index (χ0n) is 8.31. The monoisotopic (exact) mass is 185 g/mol. The van der Waals surface area contributed by atoms with Crippen LogP contribution in [0.2, 0.25) is 0 Å². The second kappa shape index (κ2) is 8.96. The highest BCUT2D eigenvalue weighted by molar-refractivity contribution is 7.99. The summed E-state index contributed by atoms with van der Waals surface area (Å²) in [6.07, 6.45) is 4.39. The van der Waals surface area contributed by atoms with Crippen LogP contribution < -0.4 is 5.32 Å². The van der Waals surface area contributed by atoms with Crippen molar-refractivity contribution in [1.29, 1.82) is 0 Å². The molecule has 2 heteroatoms. The molecular formula is C10H19NS. The maximum absolute atomic E-state index is 3.37. The first-order chi connectivity index (χ1) is 5.81. The summed E-state index contributed by atoms with van der Waals surface area (Å²) in [5.41, 5.74) is 0. The summed E-state index contributed by atoms with van der Waals surface area (Å²) < 4.78 is 0. The van der Waals surface area contributed by atoms with Crippen LogP contribution in [0, 0.1) is 11.8 Å². The highest BCUT2D eigenvalue weighted by Crippen LogP contribution is 2.07. The van der Waals surface area contributed by atoms with E-state index < -0.39 is 0 Å². The van der Waals surface area contributed by atoms with E-state index in [-0.39, 0.29) is 0 Å². The summed E-state index contributed by atoms with van der Waals surface area (Å²) in [4.78, 5) is 0. The summed E-state index contributed by atoms with van der Waals surface area (Å²) in [5, 5.41) is 4.14. The standard InChI is InChI=1S/C10H19NS/c1-4-5-6-8-11-9-7-10(2)12-3/h10-11H,6-9H2,1-3H3. The van der Waals surface area contributed by atoms with E-state index in [0.29, 0.717) is 0 Å². The normalized spacial score (nSPS) is 11.9. The van der Waals surface area contributed by atoms with Crippen molar-refractivity contribution >= 4 is 11.8 Å². The van der Waals surface area contributed by atoms with Crippen molar-refractivity contribution in [1.82, 2.24) is 5.32 Å². The lowest BCUT2D eigenvalue weighted by Crippen LogP contribution is -2.18. The second-order valence-corrected chi connectivity index (χ2v) is 4.04. The largest absolute Gasteiger partial charge is 0.316 e. The maximum Gasteiger partial charge on any atom is 0.0214 e. The van der Waals surface area contributed by atoms with Crippen molar-refractivity contribution in [2.24, 2.45) is 0 Å². The minimum Gasteiger partial charge on any atom is -0.316 e. The molecule has 0 fully saturated rings. The molecule has 0 spiro atoms. The molecular weight excluding hydrogens is 166 g/mol. The SMILES string of the molecule is CC#CCCNCCC(C)SC. The van der Waals surface area contributed by atoms with Gasteiger partial charge in [-0.05, 0) is 26.1 Å². The molecule has 70 valence electrons. The van der Waals surface area contributed by atoms with E-state index in [4.69, 9.17) is 0 Å². The van der Waals surface area contributed by atoms with Gasteiger partial charge in [-0.1, -0.05) is 6.92 Å². The molecule has 0 aromatic heterocycles. The first-order valence-electron chi connectivity index (χ1n) is 4.44. The number of hydrogen-bond acceptors (Lipinski definition) is 2. The molecule has 0 radical (unpaired) electrons. The average molecular weight is 185 g/mol. The van der Waals surface area contributed by atoms with Gasteiger partial charge in [-0.2, -0.15) is 11.8 Å². The second-order valence-electron chi connectivity index (χ2n) is 2.76. The fourth-order valence-electron chi connectivity index (χ4n) is 0.824. The Labute approximate surface area is 80.7 Å². The number of thioether (sulfide) groups is 1. The predicted molar refractivity (Wildman–Crippen MR) is 58.5 cm³/mol. The lowest BCUT2D eigenvalue weighted by Gasteiger charge is -2.07. The Kier molecular flexibility index (Phi) is 8.86. The molecule has 0 heterocycles. The van der Waals surface area contributed by atoms with Crippen LogP contribution in [0.4, 0.5) is 0 Å². The molecule has 1 atom stereocenters. The third-order valence-corrected chi connectivity index (χ3v) is 2.77. The van der Waals surface area contributed by atoms with E-state index >= 15 is 0 Å². The maximum atomic E-state index is 3.37. The molecule has 0 aromatic rings. The Morgan fingerprint density at radius 2 is 2.17 bits per heavy atom. The van der Waals surface area contributed by atoms with E-state index in [0.717, 1.165) is 24.8 Å². The fourth-order valence-corrected chi connectivity index (χ4v) is 1.18. The van der Waals surface area contributed by atoms with Crippen LogP contribution in [-0.4, -0.2) is 24.6 Å². The van der Waals surface area contributed by atoms with Gasteiger partial charge in [0.15, 0.2) is 0 Å². The molecule has 0 amide bonds. The van der Waals surface area contributed by atoms with E-state index in [1.54, 1.807) is 0 Å². The lowest BCUT2D eigenvalue weighted by molar-refractivity contribution is 0.655. The topological polar surface area (TPSA) is 12.0 Å². The molecule has 0 aliphatic heterocycles. The Morgan fingerprint density at radius 1 is 1.42 bits per heavy atom. The smallest absolute Gasteiger partial charge is 0.0214 e. The quantitative estimate of drug-likeness (QED) is 0.502. The van der Waals surface area contributed by atoms with Gasteiger partial charge < -0.3 is 5.32 Å². The van der Waals surface area contributed by atoms with Gasteiger partial charge in [0.25, 0.3) is 0 Å². The Morgan fingerprint density at radius 3 is 2.75 bits per heavy atom. The van der Waals surface area contributed by atoms with Crippen LogP contribution in [0.1, 0.15) is 26.7 Å². The molecule has 0 aromatic carbocycles. The van der Waals surface area contributed by atoms with Crippen LogP contribution in [-0.2, 0) is 0 Å². The third kappa shape index (κ3) is 7.97. The van der Waals surface area contributed by atoms with Gasteiger partial charge in [0.1, 0.15) is 0 Å². The van der Waals surface area contributed by atoms with E-state index in [9.17, 15) is 0 Å². The summed E-state index contributed by atoms with van der Waals surface area (Å²) in [7, 11) is 0. The molecule has 12 heavy (non-hydrogen) atoms. The van der Waals surface area contributed by atoms with E-state index in [1.807, 2.05) is 18.7 Å². The van der Waals surface area contributed by atoms with Crippen LogP contribution in [0.15, 0.2) is 0 Å². The van der Waals surface area contributed by atoms with Gasteiger partial charge in [-0.25, -0.2) is 0 Å². The molecule has 1 nitrogen and oxygen atoms in total. The third-order valence-electron chi connectivity index (χ3n) is 1.73. The lowest BCUT2D eigenvalue weighted by atomic mass is 10.3. The van der Waals surface area contributed by atoms with Crippen LogP contribution in [0.5, 0.6) is 0 Å². The van der Waals surface area contributed by atoms with Crippen molar-refractivity contribution in [3.63, 3.8) is 0 Å². The van der Waals surface area contributed by atoms with Crippen molar-refractivity contribution in [2.75, 3.05) is 19.3 Å². The molecule has 0 aliphatic carbocycles. The van der Waals surface area contributed by atoms with Crippen molar-refractivity contribution < 1.29 is 0 Å². The van der Waals surface area contributed by atoms with E-state index in [2.05, 4.69) is 30.3 Å². The van der Waals surface area contributed by atoms with Gasteiger partial charge in [0, 0.05) is 18.2 Å². The predicted octanol–water partition coefficient (Wildman–Crippen LogP) is 2.13. The average Bonchev–Trinajstić information content (AvgIpc) is 2.10. The fraction of sp³-hybridized carbons (Fsp3) is 0.800. The van der Waals surface area contributed by atoms with Gasteiger partial charge in [0.2, 0.25) is 0 Å². The number of rotatable bonds is 6. The van der Waals surface area contributed by atoms with Gasteiger partial charge in [-0.15, -0.1) is 11.8 Å². The van der Waals surface area contributed by atoms with E-state index in [1.165, 1.54) is 6.42 Å². The van der Waals surface area contributed by atoms with Crippen molar-refractivity contribution in [3.8, 4) is 11.8 Å². The van der Waals surface area contributed by atoms with Gasteiger partial charge in [0.05, 0.1) is 0 Å². The summed E-state index contributed by atoms with van der Waals surface area (Å²) in [5.74, 6) is 5.92. The van der Waals surface area contributed by atoms with Crippen molar-refractivity contribution in [2.45, 2.75) is 31.9 Å². The highest BCUT2D eigenvalue weighted by atomic mass is 32.2. The van der Waals surface area contributed by atoms with Crippen LogP contribution in [0.25, 0.3) is 0 Å². The molecule has 1 N–H and O–H groups in total. The number of nitrogens with one attached hydrogen (secondary N) is 1. The Hall–Kier alpha value is -0.130. The Balaban J connectivity index is 3.03. The zero-order valence-corrected chi connectivity index (χ0v) is 9.13. The Bertz CT molecular complexity index is 146. The highest BCUT2D eigenvalue weighted by Gasteiger charge is 1.96. The number of hydrogen-bond donors (Lipinski definition) is 1. The van der Waals surface area contributed by atoms with Gasteiger partial charge >= 0.3 is 0 Å². The van der Waals surface area contributed by atoms with Crippen molar-refractivity contribution in [3.05, 3.63) is 0 Å². The molecule has 1 unspecified atom stereocenters. The first kappa shape index (κ1) is 11.9. The molecule has 0 saturated carbocycles. The zero-order chi connectivity index (χ0) is 9.23. The minimum absolute atomic E-state index is 0.773. The molecule has 0 saturated heterocycles. The first-order valence-corrected chi connectivity index (χ1v) is 5.73.